The molecule has 0 radical (unpaired) electrons. The molecule has 0 spiro atoms. The summed E-state index contributed by atoms with van der Waals surface area (Å²) in [5.74, 6) is 0.381. The molecule has 3 aromatic carbocycles. The maximum absolute atomic E-state index is 12.1. The van der Waals surface area contributed by atoms with E-state index >= 15 is 0 Å². The monoisotopic (exact) mass is 483 g/mol. The van der Waals surface area contributed by atoms with Gasteiger partial charge in [0.2, 0.25) is 5.89 Å². The van der Waals surface area contributed by atoms with Gasteiger partial charge < -0.3 is 19.4 Å². The smallest absolute Gasteiger partial charge is 0.341 e. The molecule has 0 amide bonds. The van der Waals surface area contributed by atoms with Crippen LogP contribution in [0.1, 0.15) is 37.1 Å². The predicted octanol–water partition coefficient (Wildman–Crippen LogP) is 6.09. The summed E-state index contributed by atoms with van der Waals surface area (Å²) in [7, 11) is 0. The van der Waals surface area contributed by atoms with Crippen LogP contribution in [0.15, 0.2) is 89.3 Å². The Morgan fingerprint density at radius 1 is 0.972 bits per heavy atom. The topological polar surface area (TPSA) is 92.8 Å². The van der Waals surface area contributed by atoms with E-state index in [1.54, 1.807) is 6.07 Å². The van der Waals surface area contributed by atoms with E-state index in [-0.39, 0.29) is 5.92 Å². The molecule has 5 rings (SSSR count). The molecule has 1 heterocycles. The van der Waals surface area contributed by atoms with Crippen LogP contribution in [0.2, 0.25) is 0 Å². The summed E-state index contributed by atoms with van der Waals surface area (Å²) in [6, 6.07) is 27.2. The average molecular weight is 484 g/mol. The van der Waals surface area contributed by atoms with Gasteiger partial charge in [0, 0.05) is 17.0 Å². The molecule has 1 aromatic heterocycles. The van der Waals surface area contributed by atoms with Gasteiger partial charge in [-0.05, 0) is 37.0 Å². The Labute approximate surface area is 210 Å². The first-order valence-corrected chi connectivity index (χ1v) is 12.3. The van der Waals surface area contributed by atoms with Crippen molar-refractivity contribution < 1.29 is 24.2 Å². The van der Waals surface area contributed by atoms with Gasteiger partial charge in [-0.25, -0.2) is 9.78 Å². The van der Waals surface area contributed by atoms with Crippen LogP contribution in [0.25, 0.3) is 22.6 Å². The van der Waals surface area contributed by atoms with Gasteiger partial charge in [-0.15, -0.1) is 0 Å². The Hall–Kier alpha value is -3.90. The standard InChI is InChI=1S/C30H29NO5/c32-26(33)20-35-25-16-9-10-21(19-25)18-24-15-7-8-17-30(24,34)29-31-27(22-11-3-1-4-12-22)28(36-29)23-13-5-2-6-14-23/h1-6,9-14,16,19,24,34H,7-8,15,17-18,20H2,(H,32,33)/t24-,30-/m1/s1. The Kier molecular flexibility index (Phi) is 6.87. The average Bonchev–Trinajstić information content (AvgIpc) is 3.37. The van der Waals surface area contributed by atoms with E-state index in [4.69, 9.17) is 19.2 Å². The van der Waals surface area contributed by atoms with E-state index in [0.29, 0.717) is 30.2 Å². The number of aliphatic carboxylic acids is 1. The van der Waals surface area contributed by atoms with Crippen molar-refractivity contribution in [2.24, 2.45) is 5.92 Å². The summed E-state index contributed by atoms with van der Waals surface area (Å²) < 4.78 is 11.8. The van der Waals surface area contributed by atoms with E-state index in [1.807, 2.05) is 78.9 Å². The first-order valence-electron chi connectivity index (χ1n) is 12.3. The number of carboxylic acid groups (broad SMARTS) is 1. The summed E-state index contributed by atoms with van der Waals surface area (Å²) in [6.45, 7) is -0.391. The summed E-state index contributed by atoms with van der Waals surface area (Å²) in [4.78, 5) is 15.8. The normalized spacial score (nSPS) is 19.6. The molecule has 1 fully saturated rings. The predicted molar refractivity (Wildman–Crippen MR) is 137 cm³/mol. The Morgan fingerprint density at radius 3 is 2.42 bits per heavy atom. The molecule has 6 heteroatoms. The van der Waals surface area contributed by atoms with Crippen molar-refractivity contribution in [1.29, 1.82) is 0 Å². The molecule has 2 atom stereocenters. The maximum Gasteiger partial charge on any atom is 0.341 e. The lowest BCUT2D eigenvalue weighted by atomic mass is 9.72. The summed E-state index contributed by atoms with van der Waals surface area (Å²) in [6.07, 6.45) is 3.90. The van der Waals surface area contributed by atoms with E-state index in [0.717, 1.165) is 41.6 Å². The number of carboxylic acids is 1. The zero-order valence-corrected chi connectivity index (χ0v) is 20.0. The van der Waals surface area contributed by atoms with Gasteiger partial charge in [-0.1, -0.05) is 85.6 Å². The molecule has 0 unspecified atom stereocenters. The lowest BCUT2D eigenvalue weighted by molar-refractivity contribution is -0.139. The second kappa shape index (κ2) is 10.4. The number of aromatic nitrogens is 1. The summed E-state index contributed by atoms with van der Waals surface area (Å²) in [5.41, 5.74) is 2.33. The van der Waals surface area contributed by atoms with E-state index in [1.165, 1.54) is 0 Å². The van der Waals surface area contributed by atoms with Crippen LogP contribution in [0, 0.1) is 5.92 Å². The van der Waals surface area contributed by atoms with Crippen molar-refractivity contribution in [3.05, 3.63) is 96.4 Å². The highest BCUT2D eigenvalue weighted by molar-refractivity contribution is 5.76. The molecule has 6 nitrogen and oxygen atoms in total. The number of hydrogen-bond donors (Lipinski definition) is 2. The fourth-order valence-electron chi connectivity index (χ4n) is 5.05. The zero-order chi connectivity index (χ0) is 25.0. The van der Waals surface area contributed by atoms with Gasteiger partial charge in [0.15, 0.2) is 12.4 Å². The van der Waals surface area contributed by atoms with Gasteiger partial charge in [0.25, 0.3) is 0 Å². The number of aliphatic hydroxyl groups is 1. The summed E-state index contributed by atoms with van der Waals surface area (Å²) >= 11 is 0. The molecular weight excluding hydrogens is 454 g/mol. The molecule has 1 aliphatic carbocycles. The molecule has 1 aliphatic rings. The van der Waals surface area contributed by atoms with Crippen molar-refractivity contribution in [2.45, 2.75) is 37.7 Å². The molecule has 2 N–H and O–H groups in total. The summed E-state index contributed by atoms with van der Waals surface area (Å²) in [5, 5.41) is 21.0. The minimum absolute atomic E-state index is 0.105. The number of hydrogen-bond acceptors (Lipinski definition) is 5. The third-order valence-corrected chi connectivity index (χ3v) is 6.86. The van der Waals surface area contributed by atoms with Crippen LogP contribution in [-0.2, 0) is 16.8 Å². The van der Waals surface area contributed by atoms with Crippen molar-refractivity contribution in [2.75, 3.05) is 6.61 Å². The number of nitrogens with zero attached hydrogens (tertiary/aromatic N) is 1. The second-order valence-corrected chi connectivity index (χ2v) is 9.33. The Bertz CT molecular complexity index is 1260. The quantitative estimate of drug-likeness (QED) is 0.315. The minimum atomic E-state index is -1.22. The zero-order valence-electron chi connectivity index (χ0n) is 20.0. The fourth-order valence-corrected chi connectivity index (χ4v) is 5.05. The van der Waals surface area contributed by atoms with Crippen LogP contribution in [0.3, 0.4) is 0 Å². The van der Waals surface area contributed by atoms with Crippen molar-refractivity contribution >= 4 is 5.97 Å². The van der Waals surface area contributed by atoms with Crippen LogP contribution in [0.4, 0.5) is 0 Å². The van der Waals surface area contributed by atoms with Gasteiger partial charge in [0.05, 0.1) is 0 Å². The highest BCUT2D eigenvalue weighted by Gasteiger charge is 2.45. The highest BCUT2D eigenvalue weighted by atomic mass is 16.5. The van der Waals surface area contributed by atoms with Crippen LogP contribution < -0.4 is 4.74 Å². The maximum atomic E-state index is 12.1. The van der Waals surface area contributed by atoms with Crippen molar-refractivity contribution in [3.63, 3.8) is 0 Å². The van der Waals surface area contributed by atoms with Crippen LogP contribution in [0.5, 0.6) is 5.75 Å². The number of oxazole rings is 1. The van der Waals surface area contributed by atoms with E-state index in [9.17, 15) is 9.90 Å². The third kappa shape index (κ3) is 5.04. The Morgan fingerprint density at radius 2 is 1.69 bits per heavy atom. The molecule has 0 bridgehead atoms. The molecule has 0 aliphatic heterocycles. The first-order chi connectivity index (χ1) is 17.5. The molecule has 4 aromatic rings. The fraction of sp³-hybridized carbons (Fsp3) is 0.267. The van der Waals surface area contributed by atoms with E-state index < -0.39 is 18.2 Å². The van der Waals surface area contributed by atoms with Crippen molar-refractivity contribution in [1.82, 2.24) is 4.98 Å². The second-order valence-electron chi connectivity index (χ2n) is 9.33. The van der Waals surface area contributed by atoms with Gasteiger partial charge in [-0.2, -0.15) is 0 Å². The number of carbonyl (C=O) groups is 1. The SMILES string of the molecule is O=C(O)COc1cccc(C[C@H]2CCCC[C@]2(O)c2nc(-c3ccccc3)c(-c3ccccc3)o2)c1. The van der Waals surface area contributed by atoms with Crippen LogP contribution in [-0.4, -0.2) is 27.8 Å². The first kappa shape index (κ1) is 23.8. The molecule has 36 heavy (non-hydrogen) atoms. The van der Waals surface area contributed by atoms with Gasteiger partial charge in [0.1, 0.15) is 17.0 Å². The molecule has 0 saturated heterocycles. The largest absolute Gasteiger partial charge is 0.482 e. The van der Waals surface area contributed by atoms with Gasteiger partial charge in [-0.3, -0.25) is 0 Å². The number of ether oxygens (including phenoxy) is 1. The number of rotatable bonds is 8. The van der Waals surface area contributed by atoms with Crippen LogP contribution >= 0.6 is 0 Å². The molecular formula is C30H29NO5. The van der Waals surface area contributed by atoms with Gasteiger partial charge >= 0.3 is 5.97 Å². The Balaban J connectivity index is 1.50. The molecule has 184 valence electrons. The lowest BCUT2D eigenvalue weighted by Crippen LogP contribution is -2.39. The molecule has 1 saturated carbocycles. The van der Waals surface area contributed by atoms with Crippen molar-refractivity contribution in [3.8, 4) is 28.3 Å². The number of benzene rings is 3. The third-order valence-electron chi connectivity index (χ3n) is 6.86. The van der Waals surface area contributed by atoms with E-state index in [2.05, 4.69) is 0 Å². The lowest BCUT2D eigenvalue weighted by Gasteiger charge is -2.37. The minimum Gasteiger partial charge on any atom is -0.482 e. The highest BCUT2D eigenvalue weighted by Crippen LogP contribution is 2.46.